The number of ether oxygens (including phenoxy) is 1. The van der Waals surface area contributed by atoms with Crippen LogP contribution in [0.2, 0.25) is 0 Å². The lowest BCUT2D eigenvalue weighted by Gasteiger charge is -2.25. The molecule has 156 valence electrons. The third kappa shape index (κ3) is 5.40. The minimum Gasteiger partial charge on any atom is -0.454 e. The van der Waals surface area contributed by atoms with Crippen LogP contribution in [0.1, 0.15) is 47.9 Å². The second-order valence-corrected chi connectivity index (χ2v) is 7.01. The zero-order chi connectivity index (χ0) is 21.6. The molecule has 9 nitrogen and oxygen atoms in total. The van der Waals surface area contributed by atoms with Crippen LogP contribution in [0.3, 0.4) is 0 Å². The highest BCUT2D eigenvalue weighted by atomic mass is 16.5. The number of hydrogen-bond acceptors (Lipinski definition) is 6. The quantitative estimate of drug-likeness (QED) is 0.457. The van der Waals surface area contributed by atoms with E-state index in [-0.39, 0.29) is 35.9 Å². The number of amides is 4. The number of carbonyl (C=O) groups excluding carboxylic acids is 5. The van der Waals surface area contributed by atoms with Gasteiger partial charge in [-0.15, -0.1) is 0 Å². The van der Waals surface area contributed by atoms with Gasteiger partial charge >= 0.3 is 5.97 Å². The fraction of sp³-hybridized carbons (Fsp3) is 0.450. The van der Waals surface area contributed by atoms with Crippen LogP contribution in [0.25, 0.3) is 0 Å². The van der Waals surface area contributed by atoms with Crippen LogP contribution in [0.15, 0.2) is 24.3 Å². The molecule has 1 atom stereocenters. The highest BCUT2D eigenvalue weighted by molar-refractivity contribution is 6.22. The van der Waals surface area contributed by atoms with Gasteiger partial charge in [0.1, 0.15) is 6.04 Å². The monoisotopic (exact) mass is 403 g/mol. The van der Waals surface area contributed by atoms with Crippen molar-refractivity contribution in [1.82, 2.24) is 15.5 Å². The van der Waals surface area contributed by atoms with Crippen LogP contribution in [0.5, 0.6) is 0 Å². The Bertz CT molecular complexity index is 785. The second kappa shape index (κ2) is 9.81. The summed E-state index contributed by atoms with van der Waals surface area (Å²) in [4.78, 5) is 62.1. The van der Waals surface area contributed by atoms with Crippen LogP contribution in [-0.2, 0) is 19.1 Å². The first-order valence-corrected chi connectivity index (χ1v) is 9.43. The lowest BCUT2D eigenvalue weighted by atomic mass is 10.0. The Morgan fingerprint density at radius 3 is 2.10 bits per heavy atom. The number of imide groups is 1. The first kappa shape index (κ1) is 22.1. The molecule has 0 saturated heterocycles. The lowest BCUT2D eigenvalue weighted by Crippen LogP contribution is -2.47. The molecule has 1 heterocycles. The van der Waals surface area contributed by atoms with Crippen molar-refractivity contribution in [3.63, 3.8) is 0 Å². The van der Waals surface area contributed by atoms with Crippen molar-refractivity contribution in [3.05, 3.63) is 35.4 Å². The zero-order valence-corrected chi connectivity index (χ0v) is 16.7. The Balaban J connectivity index is 2.04. The Labute approximate surface area is 168 Å². The van der Waals surface area contributed by atoms with Gasteiger partial charge in [0.25, 0.3) is 17.7 Å². The maximum absolute atomic E-state index is 12.7. The number of rotatable bonds is 9. The van der Waals surface area contributed by atoms with Crippen molar-refractivity contribution in [2.75, 3.05) is 19.7 Å². The summed E-state index contributed by atoms with van der Waals surface area (Å²) in [5.41, 5.74) is 0.470. The third-order valence-corrected chi connectivity index (χ3v) is 4.27. The van der Waals surface area contributed by atoms with Crippen molar-refractivity contribution < 1.29 is 28.7 Å². The van der Waals surface area contributed by atoms with Crippen LogP contribution < -0.4 is 10.6 Å². The molecule has 9 heteroatoms. The van der Waals surface area contributed by atoms with Gasteiger partial charge in [-0.1, -0.05) is 26.0 Å². The van der Waals surface area contributed by atoms with E-state index < -0.39 is 36.3 Å². The van der Waals surface area contributed by atoms with Crippen molar-refractivity contribution in [1.29, 1.82) is 0 Å². The highest BCUT2D eigenvalue weighted by Crippen LogP contribution is 2.27. The van der Waals surface area contributed by atoms with E-state index in [1.807, 2.05) is 13.8 Å². The fourth-order valence-corrected chi connectivity index (χ4v) is 2.97. The molecular formula is C20H25N3O6. The molecule has 0 fully saturated rings. The summed E-state index contributed by atoms with van der Waals surface area (Å²) in [5, 5.41) is 4.85. The highest BCUT2D eigenvalue weighted by Gasteiger charge is 2.43. The van der Waals surface area contributed by atoms with Gasteiger partial charge in [-0.2, -0.15) is 0 Å². The zero-order valence-electron chi connectivity index (χ0n) is 16.7. The summed E-state index contributed by atoms with van der Waals surface area (Å²) in [6.07, 6.45) is 0.199. The molecule has 2 N–H and O–H groups in total. The number of benzene rings is 1. The van der Waals surface area contributed by atoms with E-state index in [4.69, 9.17) is 4.74 Å². The molecule has 0 aromatic heterocycles. The Morgan fingerprint density at radius 1 is 1.00 bits per heavy atom. The first-order chi connectivity index (χ1) is 13.8. The summed E-state index contributed by atoms with van der Waals surface area (Å²) in [7, 11) is 0. The van der Waals surface area contributed by atoms with E-state index in [0.29, 0.717) is 6.54 Å². The van der Waals surface area contributed by atoms with E-state index in [0.717, 1.165) is 4.90 Å². The number of fused-ring (bicyclic) bond motifs is 1. The SMILES string of the molecule is CCNC(=O)CNC(=O)COC(=O)[C@H](CC(C)C)N1C(=O)c2ccccc2C1=O. The van der Waals surface area contributed by atoms with Crippen molar-refractivity contribution in [3.8, 4) is 0 Å². The predicted molar refractivity (Wildman–Crippen MR) is 103 cm³/mol. The van der Waals surface area contributed by atoms with Gasteiger partial charge in [-0.25, -0.2) is 4.79 Å². The van der Waals surface area contributed by atoms with Crippen LogP contribution in [0.4, 0.5) is 0 Å². The standard InChI is InChI=1S/C20H25N3O6/c1-4-21-16(24)10-22-17(25)11-29-20(28)15(9-12(2)3)23-18(26)13-7-5-6-8-14(13)19(23)27/h5-8,12,15H,4,9-11H2,1-3H3,(H,21,24)(H,22,25)/t15-/m0/s1. The molecule has 0 bridgehead atoms. The minimum absolute atomic E-state index is 0.0107. The van der Waals surface area contributed by atoms with Crippen LogP contribution in [0, 0.1) is 5.92 Å². The van der Waals surface area contributed by atoms with E-state index in [1.165, 1.54) is 12.1 Å². The van der Waals surface area contributed by atoms with E-state index in [1.54, 1.807) is 19.1 Å². The van der Waals surface area contributed by atoms with Crippen molar-refractivity contribution in [2.24, 2.45) is 5.92 Å². The van der Waals surface area contributed by atoms with E-state index in [2.05, 4.69) is 10.6 Å². The summed E-state index contributed by atoms with van der Waals surface area (Å²) < 4.78 is 5.04. The van der Waals surface area contributed by atoms with Gasteiger partial charge in [-0.3, -0.25) is 24.1 Å². The second-order valence-electron chi connectivity index (χ2n) is 7.01. The molecule has 0 aliphatic carbocycles. The molecule has 0 spiro atoms. The molecule has 1 aliphatic heterocycles. The molecule has 1 aromatic carbocycles. The summed E-state index contributed by atoms with van der Waals surface area (Å²) in [5.74, 6) is -3.00. The van der Waals surface area contributed by atoms with Gasteiger partial charge in [0.15, 0.2) is 6.61 Å². The number of likely N-dealkylation sites (N-methyl/N-ethyl adjacent to an activating group) is 1. The first-order valence-electron chi connectivity index (χ1n) is 9.43. The molecule has 1 aromatic rings. The number of hydrogen-bond donors (Lipinski definition) is 2. The van der Waals surface area contributed by atoms with Gasteiger partial charge < -0.3 is 15.4 Å². The van der Waals surface area contributed by atoms with Gasteiger partial charge in [0.05, 0.1) is 17.7 Å². The smallest absolute Gasteiger partial charge is 0.329 e. The fourth-order valence-electron chi connectivity index (χ4n) is 2.97. The van der Waals surface area contributed by atoms with E-state index in [9.17, 15) is 24.0 Å². The molecule has 0 radical (unpaired) electrons. The van der Waals surface area contributed by atoms with Gasteiger partial charge in [0, 0.05) is 6.54 Å². The molecule has 2 rings (SSSR count). The maximum Gasteiger partial charge on any atom is 0.329 e. The average Bonchev–Trinajstić information content (AvgIpc) is 2.93. The largest absolute Gasteiger partial charge is 0.454 e. The maximum atomic E-state index is 12.7. The van der Waals surface area contributed by atoms with Crippen LogP contribution in [-0.4, -0.2) is 60.2 Å². The third-order valence-electron chi connectivity index (χ3n) is 4.27. The molecule has 0 saturated carbocycles. The number of esters is 1. The minimum atomic E-state index is -1.14. The number of nitrogens with one attached hydrogen (secondary N) is 2. The van der Waals surface area contributed by atoms with Gasteiger partial charge in [0.2, 0.25) is 5.91 Å². The average molecular weight is 403 g/mol. The number of nitrogens with zero attached hydrogens (tertiary/aromatic N) is 1. The lowest BCUT2D eigenvalue weighted by molar-refractivity contribution is -0.152. The molecular weight excluding hydrogens is 378 g/mol. The molecule has 4 amide bonds. The Kier molecular flexibility index (Phi) is 7.46. The summed E-state index contributed by atoms with van der Waals surface area (Å²) in [6, 6.07) is 5.20. The van der Waals surface area contributed by atoms with Crippen LogP contribution >= 0.6 is 0 Å². The molecule has 0 unspecified atom stereocenters. The molecule has 29 heavy (non-hydrogen) atoms. The topological polar surface area (TPSA) is 122 Å². The van der Waals surface area contributed by atoms with E-state index >= 15 is 0 Å². The normalized spacial score (nSPS) is 13.9. The predicted octanol–water partition coefficient (Wildman–Crippen LogP) is 0.493. The number of carbonyl (C=O) groups is 5. The van der Waals surface area contributed by atoms with Crippen molar-refractivity contribution in [2.45, 2.75) is 33.2 Å². The van der Waals surface area contributed by atoms with Gasteiger partial charge in [-0.05, 0) is 31.4 Å². The Morgan fingerprint density at radius 2 is 1.59 bits per heavy atom. The summed E-state index contributed by atoms with van der Waals surface area (Å²) >= 11 is 0. The summed E-state index contributed by atoms with van der Waals surface area (Å²) in [6.45, 7) is 5.01. The Hall–Kier alpha value is -3.23. The molecule has 1 aliphatic rings. The van der Waals surface area contributed by atoms with Crippen molar-refractivity contribution >= 4 is 29.6 Å².